The minimum Gasteiger partial charge on any atom is -0.351 e. The second-order valence-corrected chi connectivity index (χ2v) is 6.59. The molecule has 1 amide bonds. The largest absolute Gasteiger partial charge is 0.351 e. The first-order chi connectivity index (χ1) is 8.31. The highest BCUT2D eigenvalue weighted by Gasteiger charge is 2.09. The molecule has 0 aromatic carbocycles. The number of unbranched alkanes of at least 4 members (excludes halogenated alkanes) is 2. The van der Waals surface area contributed by atoms with Gasteiger partial charge in [0.05, 0.1) is 4.88 Å². The molecule has 1 N–H and O–H groups in total. The van der Waals surface area contributed by atoms with Gasteiger partial charge < -0.3 is 5.32 Å². The molecule has 2 aromatic rings. The van der Waals surface area contributed by atoms with Crippen molar-refractivity contribution in [3.05, 3.63) is 22.4 Å². The van der Waals surface area contributed by atoms with Gasteiger partial charge in [-0.2, -0.15) is 0 Å². The fourth-order valence-corrected chi connectivity index (χ4v) is 3.98. The van der Waals surface area contributed by atoms with E-state index in [-0.39, 0.29) is 5.91 Å². The van der Waals surface area contributed by atoms with E-state index in [0.717, 1.165) is 29.6 Å². The standard InChI is InChI=1S/C12H14BrNOS2/c13-5-2-1-3-6-14-12(15)11-8-10-9(17-11)4-7-16-10/h4,7-8H,1-3,5-6H2,(H,14,15). The van der Waals surface area contributed by atoms with Gasteiger partial charge in [-0.05, 0) is 30.4 Å². The van der Waals surface area contributed by atoms with Crippen molar-refractivity contribution in [3.8, 4) is 0 Å². The molecule has 92 valence electrons. The van der Waals surface area contributed by atoms with Gasteiger partial charge >= 0.3 is 0 Å². The van der Waals surface area contributed by atoms with E-state index in [1.807, 2.05) is 6.07 Å². The third-order valence-corrected chi connectivity index (χ3v) is 5.11. The molecule has 2 nitrogen and oxygen atoms in total. The molecular formula is C12H14BrNOS2. The number of fused-ring (bicyclic) bond motifs is 1. The quantitative estimate of drug-likeness (QED) is 0.622. The molecule has 0 fully saturated rings. The van der Waals surface area contributed by atoms with E-state index in [9.17, 15) is 4.79 Å². The summed E-state index contributed by atoms with van der Waals surface area (Å²) < 4.78 is 2.42. The Bertz CT molecular complexity index is 463. The van der Waals surface area contributed by atoms with Crippen LogP contribution in [0.5, 0.6) is 0 Å². The second kappa shape index (κ2) is 6.52. The lowest BCUT2D eigenvalue weighted by atomic mass is 10.2. The van der Waals surface area contributed by atoms with Gasteiger partial charge in [0.2, 0.25) is 0 Å². The molecule has 0 radical (unpaired) electrons. The van der Waals surface area contributed by atoms with Crippen LogP contribution in [0.1, 0.15) is 28.9 Å². The van der Waals surface area contributed by atoms with Crippen molar-refractivity contribution in [1.82, 2.24) is 5.32 Å². The molecule has 0 aliphatic carbocycles. The summed E-state index contributed by atoms with van der Waals surface area (Å²) in [6, 6.07) is 4.05. The number of rotatable bonds is 6. The lowest BCUT2D eigenvalue weighted by Crippen LogP contribution is -2.23. The molecule has 0 unspecified atom stereocenters. The van der Waals surface area contributed by atoms with Crippen molar-refractivity contribution >= 4 is 53.9 Å². The van der Waals surface area contributed by atoms with Gasteiger partial charge in [-0.25, -0.2) is 0 Å². The molecule has 0 aliphatic rings. The Kier molecular flexibility index (Phi) is 5.00. The monoisotopic (exact) mass is 331 g/mol. The first kappa shape index (κ1) is 13.1. The molecule has 0 saturated heterocycles. The lowest BCUT2D eigenvalue weighted by Gasteiger charge is -2.02. The van der Waals surface area contributed by atoms with Gasteiger partial charge in [0, 0.05) is 21.3 Å². The minimum absolute atomic E-state index is 0.0669. The molecule has 0 saturated carbocycles. The zero-order valence-electron chi connectivity index (χ0n) is 9.37. The number of amides is 1. The van der Waals surface area contributed by atoms with E-state index >= 15 is 0 Å². The van der Waals surface area contributed by atoms with Gasteiger partial charge in [0.1, 0.15) is 0 Å². The zero-order valence-corrected chi connectivity index (χ0v) is 12.6. The van der Waals surface area contributed by atoms with Crippen LogP contribution in [-0.4, -0.2) is 17.8 Å². The van der Waals surface area contributed by atoms with Crippen LogP contribution in [0.25, 0.3) is 9.40 Å². The van der Waals surface area contributed by atoms with Crippen LogP contribution in [0.2, 0.25) is 0 Å². The Hall–Kier alpha value is -0.390. The molecule has 0 atom stereocenters. The number of thiophene rings is 2. The van der Waals surface area contributed by atoms with Crippen molar-refractivity contribution in [3.63, 3.8) is 0 Å². The summed E-state index contributed by atoms with van der Waals surface area (Å²) in [7, 11) is 0. The molecule has 0 aliphatic heterocycles. The van der Waals surface area contributed by atoms with Crippen molar-refractivity contribution in [2.45, 2.75) is 19.3 Å². The van der Waals surface area contributed by atoms with Crippen LogP contribution in [0.4, 0.5) is 0 Å². The smallest absolute Gasteiger partial charge is 0.261 e. The number of halogens is 1. The fraction of sp³-hybridized carbons (Fsp3) is 0.417. The maximum atomic E-state index is 11.8. The Morgan fingerprint density at radius 2 is 2.18 bits per heavy atom. The molecule has 0 spiro atoms. The normalized spacial score (nSPS) is 10.9. The van der Waals surface area contributed by atoms with Gasteiger partial charge in [0.15, 0.2) is 0 Å². The number of hydrogen-bond acceptors (Lipinski definition) is 3. The van der Waals surface area contributed by atoms with E-state index in [0.29, 0.717) is 0 Å². The van der Waals surface area contributed by atoms with Crippen molar-refractivity contribution in [2.75, 3.05) is 11.9 Å². The SMILES string of the molecule is O=C(NCCCCCBr)c1cc2sccc2s1. The van der Waals surface area contributed by atoms with E-state index in [2.05, 4.69) is 32.7 Å². The minimum atomic E-state index is 0.0669. The third-order valence-electron chi connectivity index (χ3n) is 2.46. The van der Waals surface area contributed by atoms with Crippen LogP contribution in [-0.2, 0) is 0 Å². The molecule has 5 heteroatoms. The fourth-order valence-electron chi connectivity index (χ4n) is 1.56. The van der Waals surface area contributed by atoms with Crippen molar-refractivity contribution in [2.24, 2.45) is 0 Å². The summed E-state index contributed by atoms with van der Waals surface area (Å²) in [5.74, 6) is 0.0669. The summed E-state index contributed by atoms with van der Waals surface area (Å²) in [6.07, 6.45) is 3.38. The maximum Gasteiger partial charge on any atom is 0.261 e. The van der Waals surface area contributed by atoms with E-state index in [4.69, 9.17) is 0 Å². The summed E-state index contributed by atoms with van der Waals surface area (Å²) in [5, 5.41) is 6.07. The summed E-state index contributed by atoms with van der Waals surface area (Å²) in [4.78, 5) is 12.7. The Morgan fingerprint density at radius 3 is 2.94 bits per heavy atom. The average Bonchev–Trinajstić information content (AvgIpc) is 2.88. The average molecular weight is 332 g/mol. The van der Waals surface area contributed by atoms with E-state index in [1.54, 1.807) is 22.7 Å². The molecule has 17 heavy (non-hydrogen) atoms. The number of carbonyl (C=O) groups is 1. The first-order valence-electron chi connectivity index (χ1n) is 5.62. The van der Waals surface area contributed by atoms with Crippen molar-refractivity contribution < 1.29 is 4.79 Å². The molecule has 2 aromatic heterocycles. The first-order valence-corrected chi connectivity index (χ1v) is 8.44. The number of nitrogens with one attached hydrogen (secondary N) is 1. The number of hydrogen-bond donors (Lipinski definition) is 1. The van der Waals surface area contributed by atoms with E-state index < -0.39 is 0 Å². The van der Waals surface area contributed by atoms with Gasteiger partial charge in [-0.15, -0.1) is 22.7 Å². The van der Waals surface area contributed by atoms with Gasteiger partial charge in [-0.1, -0.05) is 22.4 Å². The Labute approximate surface area is 117 Å². The number of alkyl halides is 1. The predicted octanol–water partition coefficient (Wildman–Crippen LogP) is 4.26. The van der Waals surface area contributed by atoms with Crippen LogP contribution >= 0.6 is 38.6 Å². The summed E-state index contributed by atoms with van der Waals surface area (Å²) in [5.41, 5.74) is 0. The van der Waals surface area contributed by atoms with Crippen molar-refractivity contribution in [1.29, 1.82) is 0 Å². The lowest BCUT2D eigenvalue weighted by molar-refractivity contribution is 0.0957. The third kappa shape index (κ3) is 3.53. The van der Waals surface area contributed by atoms with Gasteiger partial charge in [-0.3, -0.25) is 4.79 Å². The van der Waals surface area contributed by atoms with Crippen LogP contribution in [0.15, 0.2) is 17.5 Å². The predicted molar refractivity (Wildman–Crippen MR) is 79.7 cm³/mol. The molecule has 2 heterocycles. The maximum absolute atomic E-state index is 11.8. The second-order valence-electron chi connectivity index (χ2n) is 3.77. The van der Waals surface area contributed by atoms with Crippen LogP contribution in [0, 0.1) is 0 Å². The Balaban J connectivity index is 1.81. The zero-order chi connectivity index (χ0) is 12.1. The van der Waals surface area contributed by atoms with E-state index in [1.165, 1.54) is 15.8 Å². The highest BCUT2D eigenvalue weighted by atomic mass is 79.9. The topological polar surface area (TPSA) is 29.1 Å². The molecular weight excluding hydrogens is 318 g/mol. The number of carbonyl (C=O) groups excluding carboxylic acids is 1. The summed E-state index contributed by atoms with van der Waals surface area (Å²) >= 11 is 6.65. The summed E-state index contributed by atoms with van der Waals surface area (Å²) in [6.45, 7) is 0.775. The Morgan fingerprint density at radius 1 is 1.29 bits per heavy atom. The highest BCUT2D eigenvalue weighted by Crippen LogP contribution is 2.29. The van der Waals surface area contributed by atoms with Crippen LogP contribution in [0.3, 0.4) is 0 Å². The van der Waals surface area contributed by atoms with Crippen LogP contribution < -0.4 is 5.32 Å². The van der Waals surface area contributed by atoms with Gasteiger partial charge in [0.25, 0.3) is 5.91 Å². The molecule has 2 rings (SSSR count). The highest BCUT2D eigenvalue weighted by molar-refractivity contribution is 9.09. The molecule has 0 bridgehead atoms.